The van der Waals surface area contributed by atoms with Gasteiger partial charge < -0.3 is 5.11 Å². The van der Waals surface area contributed by atoms with Crippen LogP contribution in [0.4, 0.5) is 0 Å². The monoisotopic (exact) mass is 375 g/mol. The molecule has 1 heterocycles. The Kier molecular flexibility index (Phi) is 4.14. The topological polar surface area (TPSA) is 40.3 Å². The number of hydrogen-bond donors (Lipinski definition) is 0. The molecule has 5 rings (SSSR count). The molecule has 0 unspecified atom stereocenters. The van der Waals surface area contributed by atoms with Crippen molar-refractivity contribution in [3.05, 3.63) is 102 Å². The molecule has 140 valence electrons. The molecular formula is C26H19N2O-. The summed E-state index contributed by atoms with van der Waals surface area (Å²) in [4.78, 5) is 0. The van der Waals surface area contributed by atoms with Gasteiger partial charge >= 0.3 is 0 Å². The van der Waals surface area contributed by atoms with Gasteiger partial charge in [-0.1, -0.05) is 72.5 Å². The van der Waals surface area contributed by atoms with Gasteiger partial charge in [-0.05, 0) is 63.4 Å². The highest BCUT2D eigenvalue weighted by Gasteiger charge is 2.11. The molecular weight excluding hydrogens is 356 g/mol. The maximum Gasteiger partial charge on any atom is 0.0545 e. The summed E-state index contributed by atoms with van der Waals surface area (Å²) in [6.07, 6.45) is 3.52. The van der Waals surface area contributed by atoms with E-state index >= 15 is 0 Å². The third-order valence-corrected chi connectivity index (χ3v) is 5.33. The average molecular weight is 375 g/mol. The number of aryl methyl sites for hydroxylation is 1. The molecule has 0 aliphatic rings. The molecule has 3 heteroatoms. The van der Waals surface area contributed by atoms with Crippen molar-refractivity contribution in [1.82, 2.24) is 4.68 Å². The maximum atomic E-state index is 13.4. The van der Waals surface area contributed by atoms with Crippen LogP contribution in [-0.2, 0) is 0 Å². The zero-order chi connectivity index (χ0) is 19.8. The van der Waals surface area contributed by atoms with Gasteiger partial charge in [0.15, 0.2) is 0 Å². The highest BCUT2D eigenvalue weighted by atomic mass is 16.3. The van der Waals surface area contributed by atoms with Gasteiger partial charge in [-0.15, -0.1) is 0 Å². The minimum absolute atomic E-state index is 0.0115. The van der Waals surface area contributed by atoms with E-state index in [1.54, 1.807) is 10.9 Å². The zero-order valence-electron chi connectivity index (χ0n) is 16.0. The van der Waals surface area contributed by atoms with Gasteiger partial charge in [-0.25, -0.2) is 4.68 Å². The molecule has 0 aliphatic carbocycles. The van der Waals surface area contributed by atoms with Crippen LogP contribution in [0.15, 0.2) is 96.2 Å². The zero-order valence-corrected chi connectivity index (χ0v) is 16.0. The molecule has 0 amide bonds. The van der Waals surface area contributed by atoms with E-state index in [2.05, 4.69) is 35.4 Å². The number of fused-ring (bicyclic) bond motifs is 2. The van der Waals surface area contributed by atoms with Crippen molar-refractivity contribution in [3.8, 4) is 16.9 Å². The smallest absolute Gasteiger partial charge is 0.0545 e. The number of nitrogens with zero attached hydrogens (tertiary/aromatic N) is 2. The fraction of sp³-hybridized carbons (Fsp3) is 0.0385. The number of rotatable bonds is 3. The number of aromatic nitrogens is 1. The third-order valence-electron chi connectivity index (χ3n) is 5.33. The van der Waals surface area contributed by atoms with Gasteiger partial charge in [0.25, 0.3) is 0 Å². The molecule has 29 heavy (non-hydrogen) atoms. The maximum absolute atomic E-state index is 13.4. The van der Waals surface area contributed by atoms with Crippen LogP contribution in [0.25, 0.3) is 32.7 Å². The molecule has 0 spiro atoms. The first-order chi connectivity index (χ1) is 14.2. The molecule has 4 aromatic carbocycles. The predicted octanol–water partition coefficient (Wildman–Crippen LogP) is 5.73. The largest absolute Gasteiger partial charge is 0.872 e. The number of benzene rings is 4. The lowest BCUT2D eigenvalue weighted by molar-refractivity contribution is -0.267. The fourth-order valence-corrected chi connectivity index (χ4v) is 3.87. The van der Waals surface area contributed by atoms with E-state index in [9.17, 15) is 5.11 Å². The van der Waals surface area contributed by atoms with Crippen LogP contribution in [0.1, 0.15) is 11.3 Å². The minimum Gasteiger partial charge on any atom is -0.872 e. The van der Waals surface area contributed by atoms with Crippen molar-refractivity contribution in [1.29, 1.82) is 0 Å². The Morgan fingerprint density at radius 1 is 0.793 bits per heavy atom. The average Bonchev–Trinajstić information content (AvgIpc) is 3.16. The van der Waals surface area contributed by atoms with E-state index in [1.807, 2.05) is 67.7 Å². The summed E-state index contributed by atoms with van der Waals surface area (Å²) < 4.78 is 1.76. The van der Waals surface area contributed by atoms with E-state index < -0.39 is 0 Å². The molecule has 5 aromatic rings. The summed E-state index contributed by atoms with van der Waals surface area (Å²) in [5.74, 6) is -0.0115. The van der Waals surface area contributed by atoms with Gasteiger partial charge in [0.05, 0.1) is 6.21 Å². The molecule has 0 bridgehead atoms. The number of para-hydroxylation sites is 1. The van der Waals surface area contributed by atoms with Crippen molar-refractivity contribution in [3.63, 3.8) is 0 Å². The van der Waals surface area contributed by atoms with E-state index in [4.69, 9.17) is 0 Å². The molecule has 0 N–H and O–H groups in total. The molecule has 0 saturated heterocycles. The molecule has 3 nitrogen and oxygen atoms in total. The van der Waals surface area contributed by atoms with Crippen molar-refractivity contribution in [2.45, 2.75) is 6.92 Å². The van der Waals surface area contributed by atoms with Gasteiger partial charge in [-0.3, -0.25) is 0 Å². The van der Waals surface area contributed by atoms with E-state index in [-0.39, 0.29) is 5.75 Å². The molecule has 1 aromatic heterocycles. The van der Waals surface area contributed by atoms with Crippen molar-refractivity contribution in [2.75, 3.05) is 0 Å². The van der Waals surface area contributed by atoms with Crippen LogP contribution in [0, 0.1) is 6.92 Å². The van der Waals surface area contributed by atoms with Gasteiger partial charge in [0, 0.05) is 11.9 Å². The Labute approximate surface area is 169 Å². The van der Waals surface area contributed by atoms with Gasteiger partial charge in [0.2, 0.25) is 0 Å². The molecule has 0 radical (unpaired) electrons. The van der Waals surface area contributed by atoms with Crippen LogP contribution in [0.3, 0.4) is 0 Å². The summed E-state index contributed by atoms with van der Waals surface area (Å²) in [6.45, 7) is 1.98. The van der Waals surface area contributed by atoms with E-state index in [1.165, 1.54) is 0 Å². The normalized spacial score (nSPS) is 11.6. The van der Waals surface area contributed by atoms with Gasteiger partial charge in [-0.2, -0.15) is 5.10 Å². The molecule has 0 saturated carbocycles. The van der Waals surface area contributed by atoms with Crippen molar-refractivity contribution >= 4 is 27.8 Å². The lowest BCUT2D eigenvalue weighted by Crippen LogP contribution is -2.01. The lowest BCUT2D eigenvalue weighted by atomic mass is 9.91. The first-order valence-corrected chi connectivity index (χ1v) is 9.61. The summed E-state index contributed by atoms with van der Waals surface area (Å²) in [5, 5.41) is 22.3. The highest BCUT2D eigenvalue weighted by molar-refractivity contribution is 6.13. The Balaban J connectivity index is 1.75. The first-order valence-electron chi connectivity index (χ1n) is 9.61. The quantitative estimate of drug-likeness (QED) is 0.293. The Hall–Kier alpha value is -3.85. The van der Waals surface area contributed by atoms with Crippen molar-refractivity contribution < 1.29 is 5.11 Å². The van der Waals surface area contributed by atoms with Crippen LogP contribution >= 0.6 is 0 Å². The molecule has 0 atom stereocenters. The van der Waals surface area contributed by atoms with Gasteiger partial charge in [0.1, 0.15) is 0 Å². The highest BCUT2D eigenvalue weighted by Crippen LogP contribution is 2.40. The Bertz CT molecular complexity index is 1320. The van der Waals surface area contributed by atoms with Crippen LogP contribution < -0.4 is 5.11 Å². The Morgan fingerprint density at radius 3 is 2.14 bits per heavy atom. The molecule has 0 aliphatic heterocycles. The lowest BCUT2D eigenvalue weighted by Gasteiger charge is -2.20. The fourth-order valence-electron chi connectivity index (χ4n) is 3.87. The second kappa shape index (κ2) is 6.95. The van der Waals surface area contributed by atoms with Crippen LogP contribution in [0.5, 0.6) is 5.75 Å². The summed E-state index contributed by atoms with van der Waals surface area (Å²) in [5.41, 5.74) is 3.28. The molecule has 0 fully saturated rings. The summed E-state index contributed by atoms with van der Waals surface area (Å²) >= 11 is 0. The second-order valence-corrected chi connectivity index (χ2v) is 7.16. The van der Waals surface area contributed by atoms with Crippen LogP contribution in [-0.4, -0.2) is 10.9 Å². The first kappa shape index (κ1) is 17.3. The predicted molar refractivity (Wildman–Crippen MR) is 118 cm³/mol. The SMILES string of the molecule is Cc1cccn1/N=C/c1cccc(-c2c3ccccc3cc3ccccc23)c1[O-]. The van der Waals surface area contributed by atoms with Crippen molar-refractivity contribution in [2.24, 2.45) is 5.10 Å². The third kappa shape index (κ3) is 2.97. The standard InChI is InChI=1S/C26H20N2O/c1-18-8-7-15-28(18)27-17-21-11-6-14-24(26(21)29)25-22-12-4-2-9-19(22)16-20-10-3-5-13-23(20)25/h2-17,29H,1H3/p-1/b27-17+. The second-order valence-electron chi connectivity index (χ2n) is 7.16. The summed E-state index contributed by atoms with van der Waals surface area (Å²) in [7, 11) is 0. The van der Waals surface area contributed by atoms with Crippen LogP contribution in [0.2, 0.25) is 0 Å². The van der Waals surface area contributed by atoms with E-state index in [0.717, 1.165) is 32.8 Å². The minimum atomic E-state index is -0.0115. The summed E-state index contributed by atoms with van der Waals surface area (Å²) in [6, 6.07) is 28.2. The Morgan fingerprint density at radius 2 is 1.48 bits per heavy atom. The van der Waals surface area contributed by atoms with E-state index in [0.29, 0.717) is 11.1 Å². The number of hydrogen-bond acceptors (Lipinski definition) is 2.